The van der Waals surface area contributed by atoms with Crippen molar-refractivity contribution in [2.24, 2.45) is 0 Å². The Morgan fingerprint density at radius 3 is 1.65 bits per heavy atom. The third kappa shape index (κ3) is 11.0. The van der Waals surface area contributed by atoms with Crippen molar-refractivity contribution in [1.82, 2.24) is 0 Å². The molecule has 1 aliphatic rings. The van der Waals surface area contributed by atoms with Gasteiger partial charge in [-0.2, -0.15) is 6.08 Å². The van der Waals surface area contributed by atoms with Crippen LogP contribution in [0.5, 0.6) is 0 Å². The van der Waals surface area contributed by atoms with Gasteiger partial charge in [0.05, 0.1) is 0 Å². The molecule has 0 atom stereocenters. The average molecular weight is 780 g/mol. The molecule has 0 heterocycles. The molecule has 7 aromatic rings. The van der Waals surface area contributed by atoms with E-state index in [0.29, 0.717) is 0 Å². The van der Waals surface area contributed by atoms with Gasteiger partial charge in [0, 0.05) is 0 Å². The Labute approximate surface area is 339 Å². The molecule has 0 unspecified atom stereocenters. The van der Waals surface area contributed by atoms with Crippen LogP contribution in [0.1, 0.15) is 76.3 Å². The van der Waals surface area contributed by atoms with Crippen LogP contribution in [-0.4, -0.2) is 3.21 Å². The van der Waals surface area contributed by atoms with E-state index in [1.54, 1.807) is 33.0 Å². The van der Waals surface area contributed by atoms with E-state index in [1.807, 2.05) is 12.2 Å². The molecule has 7 aromatic carbocycles. The summed E-state index contributed by atoms with van der Waals surface area (Å²) in [4.78, 5) is 0. The second kappa shape index (κ2) is 20.2. The maximum atomic E-state index is 2.99. The summed E-state index contributed by atoms with van der Waals surface area (Å²) in [6.45, 7) is 6.90. The first kappa shape index (κ1) is 39.1. The minimum atomic E-state index is 0.987. The quantitative estimate of drug-likeness (QED) is 0.115. The number of allylic oxidation sites excluding steroid dienone is 4. The molecule has 0 saturated heterocycles. The molecule has 0 saturated carbocycles. The van der Waals surface area contributed by atoms with E-state index in [-0.39, 0.29) is 0 Å². The van der Waals surface area contributed by atoms with Crippen LogP contribution in [0.3, 0.4) is 0 Å². The third-order valence-corrected chi connectivity index (χ3v) is 11.2. The number of unbranched alkanes of at least 4 members (excludes halogenated alkanes) is 1. The van der Waals surface area contributed by atoms with E-state index >= 15 is 0 Å². The van der Waals surface area contributed by atoms with Gasteiger partial charge in [-0.15, -0.1) is 45.7 Å². The Kier molecular flexibility index (Phi) is 14.6. The fraction of sp³-hybridized carbons (Fsp3) is 0.208. The van der Waals surface area contributed by atoms with Crippen LogP contribution in [0.25, 0.3) is 21.5 Å². The SMILES string of the molecule is CCCCc1c(C)c(Cc2ccccc2)cc2c1[cH-]c1cc(C)c(Cc3ccccc3)cc12.[C-]1=CC=CC1.[Zr+2]=[C](Cc1ccccc1)Cc1ccccc1. The first-order valence-corrected chi connectivity index (χ1v) is 20.8. The zero-order valence-electron chi connectivity index (χ0n) is 32.2. The van der Waals surface area contributed by atoms with Crippen molar-refractivity contribution >= 4 is 24.8 Å². The number of aryl methyl sites for hydroxylation is 2. The molecule has 0 nitrogen and oxygen atoms in total. The summed E-state index contributed by atoms with van der Waals surface area (Å²) in [6, 6.07) is 53.0. The van der Waals surface area contributed by atoms with Crippen molar-refractivity contribution < 1.29 is 24.2 Å². The summed E-state index contributed by atoms with van der Waals surface area (Å²) in [6.07, 6.45) is 17.8. The topological polar surface area (TPSA) is 0 Å². The minimum absolute atomic E-state index is 0.987. The normalized spacial score (nSPS) is 11.6. The molecule has 0 N–H and O–H groups in total. The van der Waals surface area contributed by atoms with E-state index < -0.39 is 0 Å². The van der Waals surface area contributed by atoms with Crippen molar-refractivity contribution in [3.8, 4) is 0 Å². The summed E-state index contributed by atoms with van der Waals surface area (Å²) < 4.78 is 1.60. The number of rotatable bonds is 11. The van der Waals surface area contributed by atoms with E-state index in [9.17, 15) is 0 Å². The van der Waals surface area contributed by atoms with Crippen LogP contribution in [0.15, 0.2) is 164 Å². The van der Waals surface area contributed by atoms with Crippen LogP contribution in [0.2, 0.25) is 0 Å². The Balaban J connectivity index is 0.000000195. The number of benzene rings is 6. The van der Waals surface area contributed by atoms with Crippen molar-refractivity contribution in [1.29, 1.82) is 0 Å². The van der Waals surface area contributed by atoms with Crippen LogP contribution >= 0.6 is 0 Å². The molecule has 268 valence electrons. The van der Waals surface area contributed by atoms with E-state index in [0.717, 1.165) is 38.5 Å². The molecule has 8 rings (SSSR count). The molecule has 54 heavy (non-hydrogen) atoms. The van der Waals surface area contributed by atoms with Gasteiger partial charge in [0.1, 0.15) is 0 Å². The van der Waals surface area contributed by atoms with Gasteiger partial charge in [0.2, 0.25) is 0 Å². The number of hydrogen-bond acceptors (Lipinski definition) is 0. The van der Waals surface area contributed by atoms with E-state index in [1.165, 1.54) is 78.9 Å². The van der Waals surface area contributed by atoms with Gasteiger partial charge in [0.15, 0.2) is 0 Å². The monoisotopic (exact) mass is 778 g/mol. The predicted molar refractivity (Wildman–Crippen MR) is 230 cm³/mol. The van der Waals surface area contributed by atoms with Gasteiger partial charge in [-0.1, -0.05) is 121 Å². The third-order valence-electron chi connectivity index (χ3n) is 10.3. The Bertz CT molecular complexity index is 2240. The molecule has 0 bridgehead atoms. The first-order valence-electron chi connectivity index (χ1n) is 19.6. The fourth-order valence-corrected chi connectivity index (χ4v) is 8.36. The molecule has 0 radical (unpaired) electrons. The van der Waals surface area contributed by atoms with Gasteiger partial charge in [0.25, 0.3) is 0 Å². The summed E-state index contributed by atoms with van der Waals surface area (Å²) >= 11 is 1.55. The second-order valence-electron chi connectivity index (χ2n) is 14.5. The Morgan fingerprint density at radius 1 is 0.648 bits per heavy atom. The van der Waals surface area contributed by atoms with E-state index in [2.05, 4.69) is 179 Å². The van der Waals surface area contributed by atoms with Crippen molar-refractivity contribution in [3.05, 3.63) is 220 Å². The maximum absolute atomic E-state index is 2.99. The Hall–Kier alpha value is -4.58. The van der Waals surface area contributed by atoms with Crippen molar-refractivity contribution in [2.45, 2.75) is 72.1 Å². The molecule has 0 fully saturated rings. The average Bonchev–Trinajstić information content (AvgIpc) is 3.90. The molecule has 0 spiro atoms. The first-order chi connectivity index (χ1) is 26.5. The summed E-state index contributed by atoms with van der Waals surface area (Å²) in [7, 11) is 0. The van der Waals surface area contributed by atoms with Crippen LogP contribution in [-0.2, 0) is 56.3 Å². The second-order valence-corrected chi connectivity index (χ2v) is 16.2. The van der Waals surface area contributed by atoms with Gasteiger partial charge in [-0.05, 0) is 37.8 Å². The number of fused-ring (bicyclic) bond motifs is 3. The molecule has 0 amide bonds. The summed E-state index contributed by atoms with van der Waals surface area (Å²) in [5, 5.41) is 5.69. The van der Waals surface area contributed by atoms with Crippen LogP contribution in [0.4, 0.5) is 0 Å². The van der Waals surface area contributed by atoms with E-state index in [4.69, 9.17) is 0 Å². The predicted octanol–water partition coefficient (Wildman–Crippen LogP) is 13.3. The zero-order valence-corrected chi connectivity index (χ0v) is 34.7. The fourth-order valence-electron chi connectivity index (χ4n) is 7.36. The van der Waals surface area contributed by atoms with Crippen LogP contribution < -0.4 is 0 Å². The zero-order chi connectivity index (χ0) is 37.5. The van der Waals surface area contributed by atoms with Crippen molar-refractivity contribution in [2.75, 3.05) is 0 Å². The molecule has 0 aromatic heterocycles. The van der Waals surface area contributed by atoms with Gasteiger partial charge in [-0.25, -0.2) is 12.2 Å². The summed E-state index contributed by atoms with van der Waals surface area (Å²) in [5.41, 5.74) is 12.9. The summed E-state index contributed by atoms with van der Waals surface area (Å²) in [5.74, 6) is 0. The molecule has 1 heteroatoms. The molecular weight excluding hydrogens is 728 g/mol. The van der Waals surface area contributed by atoms with Gasteiger partial charge in [-0.3, -0.25) is 6.08 Å². The van der Waals surface area contributed by atoms with Gasteiger partial charge < -0.3 is 0 Å². The molecule has 0 aliphatic heterocycles. The standard InChI is InChI=1S/C33H33.C15H14.C5H5.Zr/c1-4-5-16-30-24(3)28(19-26-14-10-7-11-15-26)21-33-31-20-27(18-25-12-8-6-9-13-25)23(2)17-29(31)22-32(30)33;1-3-8-14(9-4-1)12-7-13-15-10-5-2-6-11-15;1-2-4-5-3-1;/h6-15,17,20-22H,4-5,16,18-19H2,1-3H3;1-6,8-11H,12-13H2;1-3H,4H2;/q-1;;-1;+2. The molecular formula is C53H52Zr. The van der Waals surface area contributed by atoms with Gasteiger partial charge >= 0.3 is 112 Å². The Morgan fingerprint density at radius 2 is 1.17 bits per heavy atom. The molecule has 1 aliphatic carbocycles. The number of hydrogen-bond donors (Lipinski definition) is 0. The van der Waals surface area contributed by atoms with Crippen molar-refractivity contribution in [3.63, 3.8) is 0 Å². The van der Waals surface area contributed by atoms with Crippen LogP contribution in [0, 0.1) is 19.9 Å².